The molecule has 0 saturated carbocycles. The lowest BCUT2D eigenvalue weighted by molar-refractivity contribution is 0.399. The third-order valence-electron chi connectivity index (χ3n) is 2.04. The summed E-state index contributed by atoms with van der Waals surface area (Å²) in [5, 5.41) is 2.04. The van der Waals surface area contributed by atoms with Crippen LogP contribution in [0.3, 0.4) is 0 Å². The van der Waals surface area contributed by atoms with Crippen molar-refractivity contribution in [3.05, 3.63) is 23.3 Å². The molecule has 0 radical (unpaired) electrons. The van der Waals surface area contributed by atoms with Crippen LogP contribution in [0, 0.1) is 23.3 Å². The Bertz CT molecular complexity index is 654. The Kier molecular flexibility index (Phi) is 2.38. The molecule has 0 unspecified atom stereocenters. The minimum atomic E-state index is -4.58. The molecule has 92 valence electrons. The summed E-state index contributed by atoms with van der Waals surface area (Å²) in [6.45, 7) is 1.15. The molecule has 1 heterocycles. The smallest absolute Gasteiger partial charge is 0.289 e. The van der Waals surface area contributed by atoms with Gasteiger partial charge in [-0.15, -0.1) is 4.40 Å². The third kappa shape index (κ3) is 1.57. The molecular weight excluding hydrogens is 264 g/mol. The quantitative estimate of drug-likeness (QED) is 0.443. The molecule has 1 aliphatic rings. The van der Waals surface area contributed by atoms with Gasteiger partial charge in [0, 0.05) is 0 Å². The first-order valence-corrected chi connectivity index (χ1v) is 5.64. The Morgan fingerprint density at radius 1 is 1.00 bits per heavy atom. The first-order valence-electron chi connectivity index (χ1n) is 4.20. The Morgan fingerprint density at radius 3 is 2.12 bits per heavy atom. The number of fused-ring (bicyclic) bond motifs is 1. The Labute approximate surface area is 93.0 Å². The van der Waals surface area contributed by atoms with E-state index >= 15 is 0 Å². The molecule has 0 atom stereocenters. The molecule has 9 heteroatoms. The van der Waals surface area contributed by atoms with E-state index in [0.29, 0.717) is 0 Å². The second-order valence-corrected chi connectivity index (χ2v) is 4.78. The zero-order valence-electron chi connectivity index (χ0n) is 8.18. The maximum absolute atomic E-state index is 13.3. The van der Waals surface area contributed by atoms with Crippen LogP contribution in [-0.4, -0.2) is 14.3 Å². The Balaban J connectivity index is 2.95. The van der Waals surface area contributed by atoms with Gasteiger partial charge >= 0.3 is 0 Å². The fourth-order valence-corrected chi connectivity index (χ4v) is 2.61. The zero-order chi connectivity index (χ0) is 13.0. The van der Waals surface area contributed by atoms with Crippen LogP contribution in [0.25, 0.3) is 0 Å². The van der Waals surface area contributed by atoms with Crippen molar-refractivity contribution >= 4 is 21.5 Å². The molecule has 0 amide bonds. The molecule has 1 aromatic carbocycles. The van der Waals surface area contributed by atoms with Crippen LogP contribution in [0.15, 0.2) is 9.29 Å². The molecule has 2 rings (SSSR count). The van der Waals surface area contributed by atoms with Gasteiger partial charge in [-0.25, -0.2) is 17.6 Å². The molecule has 0 spiro atoms. The van der Waals surface area contributed by atoms with Gasteiger partial charge in [0.15, 0.2) is 28.2 Å². The van der Waals surface area contributed by atoms with Crippen LogP contribution >= 0.6 is 0 Å². The number of hydrogen-bond donors (Lipinski definition) is 1. The highest BCUT2D eigenvalue weighted by Gasteiger charge is 2.35. The monoisotopic (exact) mass is 268 g/mol. The molecular formula is C8H4F4N2O2S. The van der Waals surface area contributed by atoms with Crippen molar-refractivity contribution in [1.29, 1.82) is 0 Å². The van der Waals surface area contributed by atoms with Gasteiger partial charge in [-0.2, -0.15) is 8.42 Å². The highest BCUT2D eigenvalue weighted by Crippen LogP contribution is 2.35. The number of halogens is 4. The molecule has 1 aliphatic heterocycles. The number of nitrogens with one attached hydrogen (secondary N) is 1. The van der Waals surface area contributed by atoms with Gasteiger partial charge in [0.05, 0.1) is 0 Å². The summed E-state index contributed by atoms with van der Waals surface area (Å²) in [5.41, 5.74) is -0.978. The number of nitrogens with zero attached hydrogens (tertiary/aromatic N) is 1. The van der Waals surface area contributed by atoms with E-state index in [0.717, 1.165) is 6.92 Å². The normalized spacial score (nSPS) is 17.1. The van der Waals surface area contributed by atoms with Gasteiger partial charge in [-0.1, -0.05) is 0 Å². The zero-order valence-corrected chi connectivity index (χ0v) is 9.00. The standard InChI is InChI=1S/C8H4F4N2O2S/c1-2-13-7-5(11)3(9)4(10)6(12)8(7)17(15,16)14-2/h1H3,(H,13,14). The van der Waals surface area contributed by atoms with Gasteiger partial charge in [0.2, 0.25) is 0 Å². The second-order valence-electron chi connectivity index (χ2n) is 3.24. The van der Waals surface area contributed by atoms with E-state index in [4.69, 9.17) is 0 Å². The number of sulfonamides is 1. The van der Waals surface area contributed by atoms with Gasteiger partial charge in [-0.3, -0.25) is 0 Å². The Hall–Kier alpha value is -1.64. The molecule has 1 aromatic rings. The summed E-state index contributed by atoms with van der Waals surface area (Å²) in [5.74, 6) is -8.36. The van der Waals surface area contributed by atoms with Crippen molar-refractivity contribution in [3.8, 4) is 0 Å². The third-order valence-corrected chi connectivity index (χ3v) is 3.46. The number of benzene rings is 1. The SMILES string of the molecule is CC1=NS(=O)(=O)c2c(F)c(F)c(F)c(F)c2N1. The first kappa shape index (κ1) is 11.8. The lowest BCUT2D eigenvalue weighted by atomic mass is 10.2. The van der Waals surface area contributed by atoms with Crippen LogP contribution in [0.1, 0.15) is 6.92 Å². The van der Waals surface area contributed by atoms with E-state index in [9.17, 15) is 26.0 Å². The molecule has 0 saturated heterocycles. The predicted molar refractivity (Wildman–Crippen MR) is 50.2 cm³/mol. The van der Waals surface area contributed by atoms with Gasteiger partial charge in [-0.05, 0) is 6.92 Å². The van der Waals surface area contributed by atoms with Crippen molar-refractivity contribution in [2.45, 2.75) is 11.8 Å². The minimum Gasteiger partial charge on any atom is -0.340 e. The van der Waals surface area contributed by atoms with Crippen LogP contribution in [0.2, 0.25) is 0 Å². The lowest BCUT2D eigenvalue weighted by Gasteiger charge is -2.17. The summed E-state index contributed by atoms with van der Waals surface area (Å²) in [4.78, 5) is -1.33. The Morgan fingerprint density at radius 2 is 1.53 bits per heavy atom. The minimum absolute atomic E-state index is 0.276. The lowest BCUT2D eigenvalue weighted by Crippen LogP contribution is -2.22. The fraction of sp³-hybridized carbons (Fsp3) is 0.125. The summed E-state index contributed by atoms with van der Waals surface area (Å²) >= 11 is 0. The number of hydrogen-bond acceptors (Lipinski definition) is 3. The largest absolute Gasteiger partial charge is 0.340 e. The maximum Gasteiger partial charge on any atom is 0.289 e. The van der Waals surface area contributed by atoms with Crippen molar-refractivity contribution in [2.24, 2.45) is 4.40 Å². The number of anilines is 1. The number of rotatable bonds is 0. The van der Waals surface area contributed by atoms with E-state index < -0.39 is 43.9 Å². The molecule has 1 N–H and O–H groups in total. The van der Waals surface area contributed by atoms with Crippen LogP contribution in [0.4, 0.5) is 23.2 Å². The molecule has 0 aromatic heterocycles. The average molecular weight is 268 g/mol. The fourth-order valence-electron chi connectivity index (χ4n) is 1.40. The van der Waals surface area contributed by atoms with E-state index in [1.165, 1.54) is 0 Å². The molecule has 17 heavy (non-hydrogen) atoms. The maximum atomic E-state index is 13.3. The predicted octanol–water partition coefficient (Wildman–Crippen LogP) is 1.78. The van der Waals surface area contributed by atoms with Crippen LogP contribution < -0.4 is 5.32 Å². The van der Waals surface area contributed by atoms with Crippen molar-refractivity contribution < 1.29 is 26.0 Å². The summed E-state index contributed by atoms with van der Waals surface area (Å²) in [6.07, 6.45) is 0. The average Bonchev–Trinajstić information content (AvgIpc) is 2.21. The second kappa shape index (κ2) is 3.42. The molecule has 0 aliphatic carbocycles. The summed E-state index contributed by atoms with van der Waals surface area (Å²) < 4.78 is 78.1. The van der Waals surface area contributed by atoms with Crippen molar-refractivity contribution in [3.63, 3.8) is 0 Å². The van der Waals surface area contributed by atoms with Gasteiger partial charge < -0.3 is 5.32 Å². The van der Waals surface area contributed by atoms with Crippen LogP contribution in [-0.2, 0) is 10.0 Å². The highest BCUT2D eigenvalue weighted by molar-refractivity contribution is 7.90. The molecule has 0 bridgehead atoms. The van der Waals surface area contributed by atoms with E-state index in [2.05, 4.69) is 4.40 Å². The first-order chi connectivity index (χ1) is 7.75. The topological polar surface area (TPSA) is 58.5 Å². The summed E-state index contributed by atoms with van der Waals surface area (Å²) in [6, 6.07) is 0. The summed E-state index contributed by atoms with van der Waals surface area (Å²) in [7, 11) is -4.58. The van der Waals surface area contributed by atoms with Gasteiger partial charge in [0.1, 0.15) is 11.5 Å². The van der Waals surface area contributed by atoms with E-state index in [-0.39, 0.29) is 5.84 Å². The number of amidine groups is 1. The van der Waals surface area contributed by atoms with Crippen molar-refractivity contribution in [1.82, 2.24) is 0 Å². The highest BCUT2D eigenvalue weighted by atomic mass is 32.2. The molecule has 0 fully saturated rings. The van der Waals surface area contributed by atoms with Gasteiger partial charge in [0.25, 0.3) is 10.0 Å². The van der Waals surface area contributed by atoms with E-state index in [1.54, 1.807) is 0 Å². The van der Waals surface area contributed by atoms with Crippen LogP contribution in [0.5, 0.6) is 0 Å². The van der Waals surface area contributed by atoms with E-state index in [1.807, 2.05) is 5.32 Å². The molecule has 4 nitrogen and oxygen atoms in total. The van der Waals surface area contributed by atoms with Crippen molar-refractivity contribution in [2.75, 3.05) is 5.32 Å².